The molecule has 0 aliphatic heterocycles. The summed E-state index contributed by atoms with van der Waals surface area (Å²) in [7, 11) is 0. The standard InChI is InChI=1S/C17H12N2O3/c20-19(21)15-6-4-14(5-7-15)17-10-9-16(22-17)8-3-13-2-1-11-18-12-13/h1-12H. The van der Waals surface area contributed by atoms with E-state index in [4.69, 9.17) is 4.42 Å². The lowest BCUT2D eigenvalue weighted by Crippen LogP contribution is -1.86. The lowest BCUT2D eigenvalue weighted by Gasteiger charge is -1.96. The molecule has 3 aromatic rings. The van der Waals surface area contributed by atoms with Gasteiger partial charge in [0.25, 0.3) is 5.69 Å². The molecule has 5 heteroatoms. The smallest absolute Gasteiger partial charge is 0.269 e. The van der Waals surface area contributed by atoms with Crippen LogP contribution in [-0.2, 0) is 0 Å². The first-order valence-electron chi connectivity index (χ1n) is 6.65. The molecular formula is C17H12N2O3. The van der Waals surface area contributed by atoms with E-state index in [1.54, 1.807) is 24.5 Å². The van der Waals surface area contributed by atoms with Crippen molar-refractivity contribution in [2.24, 2.45) is 0 Å². The normalized spacial score (nSPS) is 10.9. The van der Waals surface area contributed by atoms with Crippen molar-refractivity contribution < 1.29 is 9.34 Å². The molecule has 3 rings (SSSR count). The van der Waals surface area contributed by atoms with Gasteiger partial charge in [-0.3, -0.25) is 15.1 Å². The first-order chi connectivity index (χ1) is 10.7. The third kappa shape index (κ3) is 3.09. The summed E-state index contributed by atoms with van der Waals surface area (Å²) in [5, 5.41) is 10.6. The van der Waals surface area contributed by atoms with Crippen molar-refractivity contribution in [1.82, 2.24) is 4.98 Å². The van der Waals surface area contributed by atoms with E-state index in [0.717, 1.165) is 11.1 Å². The number of furan rings is 1. The molecular weight excluding hydrogens is 280 g/mol. The number of non-ortho nitro benzene ring substituents is 1. The van der Waals surface area contributed by atoms with Gasteiger partial charge in [-0.05, 0) is 48.0 Å². The quantitative estimate of drug-likeness (QED) is 0.527. The van der Waals surface area contributed by atoms with E-state index in [1.165, 1.54) is 12.1 Å². The summed E-state index contributed by atoms with van der Waals surface area (Å²) in [5.41, 5.74) is 1.84. The van der Waals surface area contributed by atoms with Crippen LogP contribution >= 0.6 is 0 Å². The molecule has 0 saturated carbocycles. The molecule has 0 saturated heterocycles. The fourth-order valence-corrected chi connectivity index (χ4v) is 2.00. The van der Waals surface area contributed by atoms with Crippen LogP contribution in [0.25, 0.3) is 23.5 Å². The van der Waals surface area contributed by atoms with Crippen LogP contribution in [0.1, 0.15) is 11.3 Å². The number of nitrogens with zero attached hydrogens (tertiary/aromatic N) is 2. The molecule has 2 heterocycles. The summed E-state index contributed by atoms with van der Waals surface area (Å²) in [6.07, 6.45) is 7.24. The Balaban J connectivity index is 1.79. The molecule has 0 bridgehead atoms. The molecule has 0 unspecified atom stereocenters. The Morgan fingerprint density at radius 2 is 1.86 bits per heavy atom. The first kappa shape index (κ1) is 13.8. The Hall–Kier alpha value is -3.21. The first-order valence-corrected chi connectivity index (χ1v) is 6.65. The van der Waals surface area contributed by atoms with Gasteiger partial charge in [0.15, 0.2) is 0 Å². The monoisotopic (exact) mass is 292 g/mol. The number of hydrogen-bond donors (Lipinski definition) is 0. The summed E-state index contributed by atoms with van der Waals surface area (Å²) in [6, 6.07) is 13.8. The summed E-state index contributed by atoms with van der Waals surface area (Å²) in [4.78, 5) is 14.3. The summed E-state index contributed by atoms with van der Waals surface area (Å²) >= 11 is 0. The molecule has 0 aliphatic rings. The van der Waals surface area contributed by atoms with Crippen LogP contribution in [0.5, 0.6) is 0 Å². The van der Waals surface area contributed by atoms with Crippen LogP contribution in [0, 0.1) is 10.1 Å². The van der Waals surface area contributed by atoms with Gasteiger partial charge in [-0.2, -0.15) is 0 Å². The van der Waals surface area contributed by atoms with Crippen LogP contribution in [-0.4, -0.2) is 9.91 Å². The Labute approximate surface area is 126 Å². The van der Waals surface area contributed by atoms with Crippen molar-refractivity contribution in [3.63, 3.8) is 0 Å². The Kier molecular flexibility index (Phi) is 3.78. The molecule has 0 amide bonds. The van der Waals surface area contributed by atoms with E-state index in [-0.39, 0.29) is 5.69 Å². The van der Waals surface area contributed by atoms with Gasteiger partial charge in [0.2, 0.25) is 0 Å². The van der Waals surface area contributed by atoms with Crippen LogP contribution in [0.15, 0.2) is 65.3 Å². The van der Waals surface area contributed by atoms with Gasteiger partial charge in [-0.15, -0.1) is 0 Å². The SMILES string of the molecule is O=[N+]([O-])c1ccc(-c2ccc(C=Cc3cccnc3)o2)cc1. The predicted octanol–water partition coefficient (Wildman–Crippen LogP) is 4.42. The van der Waals surface area contributed by atoms with Crippen molar-refractivity contribution in [3.8, 4) is 11.3 Å². The van der Waals surface area contributed by atoms with Gasteiger partial charge in [0.05, 0.1) is 4.92 Å². The van der Waals surface area contributed by atoms with Crippen molar-refractivity contribution in [2.75, 3.05) is 0 Å². The van der Waals surface area contributed by atoms with Crippen LogP contribution in [0.4, 0.5) is 5.69 Å². The van der Waals surface area contributed by atoms with Crippen molar-refractivity contribution in [2.45, 2.75) is 0 Å². The highest BCUT2D eigenvalue weighted by atomic mass is 16.6. The van der Waals surface area contributed by atoms with Crippen LogP contribution in [0.2, 0.25) is 0 Å². The summed E-state index contributed by atoms with van der Waals surface area (Å²) in [5.74, 6) is 1.37. The maximum Gasteiger partial charge on any atom is 0.269 e. The van der Waals surface area contributed by atoms with Crippen LogP contribution < -0.4 is 0 Å². The highest BCUT2D eigenvalue weighted by Crippen LogP contribution is 2.25. The zero-order chi connectivity index (χ0) is 15.4. The molecule has 0 atom stereocenters. The van der Waals surface area contributed by atoms with Crippen molar-refractivity contribution >= 4 is 17.8 Å². The van der Waals surface area contributed by atoms with E-state index in [2.05, 4.69) is 4.98 Å². The molecule has 0 aliphatic carbocycles. The van der Waals surface area contributed by atoms with Gasteiger partial charge in [-0.1, -0.05) is 6.07 Å². The number of nitro groups is 1. The van der Waals surface area contributed by atoms with Crippen molar-refractivity contribution in [1.29, 1.82) is 0 Å². The maximum absolute atomic E-state index is 10.6. The molecule has 22 heavy (non-hydrogen) atoms. The lowest BCUT2D eigenvalue weighted by atomic mass is 10.1. The third-order valence-corrected chi connectivity index (χ3v) is 3.11. The fraction of sp³-hybridized carbons (Fsp3) is 0. The van der Waals surface area contributed by atoms with Gasteiger partial charge < -0.3 is 4.42 Å². The lowest BCUT2D eigenvalue weighted by molar-refractivity contribution is -0.384. The maximum atomic E-state index is 10.6. The second-order valence-electron chi connectivity index (χ2n) is 4.63. The Morgan fingerprint density at radius 1 is 1.05 bits per heavy atom. The number of pyridine rings is 1. The summed E-state index contributed by atoms with van der Waals surface area (Å²) < 4.78 is 5.71. The Bertz CT molecular complexity index is 805. The molecule has 0 fully saturated rings. The number of aromatic nitrogens is 1. The second kappa shape index (κ2) is 6.05. The molecule has 2 aromatic heterocycles. The highest BCUT2D eigenvalue weighted by Gasteiger charge is 2.07. The van der Waals surface area contributed by atoms with Gasteiger partial charge in [0, 0.05) is 30.1 Å². The zero-order valence-electron chi connectivity index (χ0n) is 11.5. The average molecular weight is 292 g/mol. The van der Waals surface area contributed by atoms with Crippen molar-refractivity contribution in [3.05, 3.63) is 82.4 Å². The van der Waals surface area contributed by atoms with Gasteiger partial charge >= 0.3 is 0 Å². The molecule has 0 N–H and O–H groups in total. The summed E-state index contributed by atoms with van der Waals surface area (Å²) in [6.45, 7) is 0. The number of benzene rings is 1. The van der Waals surface area contributed by atoms with E-state index in [1.807, 2.05) is 36.4 Å². The molecule has 5 nitrogen and oxygen atoms in total. The molecule has 108 valence electrons. The highest BCUT2D eigenvalue weighted by molar-refractivity contribution is 5.69. The molecule has 0 spiro atoms. The minimum Gasteiger partial charge on any atom is -0.457 e. The topological polar surface area (TPSA) is 69.2 Å². The molecule has 1 aromatic carbocycles. The van der Waals surface area contributed by atoms with E-state index in [0.29, 0.717) is 11.5 Å². The van der Waals surface area contributed by atoms with Crippen LogP contribution in [0.3, 0.4) is 0 Å². The third-order valence-electron chi connectivity index (χ3n) is 3.11. The van der Waals surface area contributed by atoms with Gasteiger partial charge in [-0.25, -0.2) is 0 Å². The second-order valence-corrected chi connectivity index (χ2v) is 4.63. The van der Waals surface area contributed by atoms with E-state index >= 15 is 0 Å². The minimum atomic E-state index is -0.423. The predicted molar refractivity (Wildman–Crippen MR) is 84.0 cm³/mol. The minimum absolute atomic E-state index is 0.0620. The fourth-order valence-electron chi connectivity index (χ4n) is 2.00. The molecule has 0 radical (unpaired) electrons. The number of hydrogen-bond acceptors (Lipinski definition) is 4. The average Bonchev–Trinajstić information content (AvgIpc) is 3.03. The largest absolute Gasteiger partial charge is 0.457 e. The van der Waals surface area contributed by atoms with Gasteiger partial charge in [0.1, 0.15) is 11.5 Å². The zero-order valence-corrected chi connectivity index (χ0v) is 11.5. The number of rotatable bonds is 4. The number of nitro benzene ring substituents is 1. The van der Waals surface area contributed by atoms with E-state index in [9.17, 15) is 10.1 Å². The van der Waals surface area contributed by atoms with E-state index < -0.39 is 4.92 Å². The Morgan fingerprint density at radius 3 is 2.55 bits per heavy atom.